The molecular weight excluding hydrogens is 438 g/mol. The molecule has 0 saturated carbocycles. The molecule has 15 heteroatoms. The molecule has 3 amide bonds. The molecule has 1 aromatic rings. The summed E-state index contributed by atoms with van der Waals surface area (Å²) < 4.78 is 68.8. The molecule has 3 aliphatic heterocycles. The normalized spacial score (nSPS) is 21.8. The summed E-state index contributed by atoms with van der Waals surface area (Å²) in [5.41, 5.74) is 0.220. The second-order valence-electron chi connectivity index (χ2n) is 5.34. The van der Waals surface area contributed by atoms with Gasteiger partial charge < -0.3 is 0 Å². The first-order valence-corrected chi connectivity index (χ1v) is 11.9. The molecule has 28 heavy (non-hydrogen) atoms. The second-order valence-corrected chi connectivity index (χ2v) is 10.4. The third-order valence-electron chi connectivity index (χ3n) is 3.16. The van der Waals surface area contributed by atoms with Crippen LogP contribution in [-0.4, -0.2) is 48.7 Å². The zero-order valence-electron chi connectivity index (χ0n) is 13.8. The van der Waals surface area contributed by atoms with E-state index in [1.165, 1.54) is 12.1 Å². The van der Waals surface area contributed by atoms with Crippen LogP contribution in [0.15, 0.2) is 40.6 Å². The van der Waals surface area contributed by atoms with Gasteiger partial charge in [0.25, 0.3) is 31.9 Å². The summed E-state index contributed by atoms with van der Waals surface area (Å²) in [4.78, 5) is 31.3. The fraction of sp³-hybridized carbons (Fsp3) is 0.154. The Balaban J connectivity index is 0.000000156. The van der Waals surface area contributed by atoms with Crippen LogP contribution in [0.1, 0.15) is 16.8 Å². The molecule has 0 bridgehead atoms. The minimum Gasteiger partial charge on any atom is -0.274 e. The molecule has 0 aliphatic carbocycles. The van der Waals surface area contributed by atoms with Crippen LogP contribution in [0.25, 0.3) is 0 Å². The Hall–Kier alpha value is -2.78. The predicted molar refractivity (Wildman–Crippen MR) is 93.8 cm³/mol. The van der Waals surface area contributed by atoms with Gasteiger partial charge in [-0.1, -0.05) is 12.1 Å². The minimum absolute atomic E-state index is 0.0498. The monoisotopic (exact) mass is 451 g/mol. The van der Waals surface area contributed by atoms with Gasteiger partial charge >= 0.3 is 0 Å². The fourth-order valence-electron chi connectivity index (χ4n) is 1.98. The maximum atomic E-state index is 11.1. The summed E-state index contributed by atoms with van der Waals surface area (Å²) in [5, 5.41) is 0.829. The van der Waals surface area contributed by atoms with Crippen LogP contribution < -0.4 is 14.2 Å². The van der Waals surface area contributed by atoms with E-state index in [0.717, 1.165) is 11.5 Å². The van der Waals surface area contributed by atoms with Crippen molar-refractivity contribution in [3.05, 3.63) is 41.3 Å². The SMILES string of the molecule is O=C1C=CS(=O)(=O)N1.O=C1CCS(=O)(=O)N1.O=C1NS(=O)(=O)c2ccccc21. The van der Waals surface area contributed by atoms with Gasteiger partial charge in [0.2, 0.25) is 15.9 Å². The lowest BCUT2D eigenvalue weighted by molar-refractivity contribution is -0.118. The van der Waals surface area contributed by atoms with Gasteiger partial charge in [-0.05, 0) is 12.1 Å². The van der Waals surface area contributed by atoms with Crippen LogP contribution in [0.2, 0.25) is 0 Å². The lowest BCUT2D eigenvalue weighted by Crippen LogP contribution is -2.20. The molecule has 1 aromatic carbocycles. The van der Waals surface area contributed by atoms with E-state index in [2.05, 4.69) is 0 Å². The van der Waals surface area contributed by atoms with Crippen LogP contribution in [0.3, 0.4) is 0 Å². The Morgan fingerprint density at radius 2 is 1.46 bits per heavy atom. The first-order chi connectivity index (χ1) is 12.8. The number of fused-ring (bicyclic) bond motifs is 1. The molecule has 3 heterocycles. The Labute approximate surface area is 160 Å². The van der Waals surface area contributed by atoms with E-state index in [1.54, 1.807) is 16.9 Å². The summed E-state index contributed by atoms with van der Waals surface area (Å²) in [6.45, 7) is 0. The summed E-state index contributed by atoms with van der Waals surface area (Å²) in [6, 6.07) is 6.09. The molecule has 0 atom stereocenters. The first-order valence-electron chi connectivity index (χ1n) is 7.26. The van der Waals surface area contributed by atoms with Gasteiger partial charge in [-0.2, -0.15) is 0 Å². The van der Waals surface area contributed by atoms with E-state index in [1.807, 2.05) is 9.44 Å². The molecular formula is C13H13N3O9S3. The van der Waals surface area contributed by atoms with Crippen molar-refractivity contribution in [2.45, 2.75) is 11.3 Å². The van der Waals surface area contributed by atoms with E-state index in [4.69, 9.17) is 0 Å². The van der Waals surface area contributed by atoms with E-state index >= 15 is 0 Å². The second kappa shape index (κ2) is 7.69. The van der Waals surface area contributed by atoms with Crippen molar-refractivity contribution in [3.63, 3.8) is 0 Å². The highest BCUT2D eigenvalue weighted by Crippen LogP contribution is 2.20. The van der Waals surface area contributed by atoms with Gasteiger partial charge in [-0.15, -0.1) is 0 Å². The maximum Gasteiger partial charge on any atom is 0.266 e. The molecule has 0 radical (unpaired) electrons. The zero-order valence-corrected chi connectivity index (χ0v) is 16.2. The lowest BCUT2D eigenvalue weighted by Gasteiger charge is -1.91. The summed E-state index contributed by atoms with van der Waals surface area (Å²) >= 11 is 0. The Morgan fingerprint density at radius 1 is 0.821 bits per heavy atom. The van der Waals surface area contributed by atoms with Crippen LogP contribution in [0, 0.1) is 0 Å². The Morgan fingerprint density at radius 3 is 1.82 bits per heavy atom. The molecule has 4 rings (SSSR count). The van der Waals surface area contributed by atoms with Crippen LogP contribution >= 0.6 is 0 Å². The highest BCUT2D eigenvalue weighted by Gasteiger charge is 2.31. The minimum atomic E-state index is -3.55. The molecule has 1 fully saturated rings. The number of nitrogens with one attached hydrogen (secondary N) is 3. The van der Waals surface area contributed by atoms with Gasteiger partial charge in [0.05, 0.1) is 16.7 Å². The van der Waals surface area contributed by atoms with E-state index in [-0.39, 0.29) is 22.6 Å². The van der Waals surface area contributed by atoms with Crippen molar-refractivity contribution < 1.29 is 39.6 Å². The largest absolute Gasteiger partial charge is 0.274 e. The molecule has 0 spiro atoms. The van der Waals surface area contributed by atoms with E-state index in [9.17, 15) is 39.6 Å². The average Bonchev–Trinajstić information content (AvgIpc) is 3.14. The van der Waals surface area contributed by atoms with Crippen molar-refractivity contribution in [3.8, 4) is 0 Å². The highest BCUT2D eigenvalue weighted by atomic mass is 32.2. The molecule has 3 aliphatic rings. The Bertz CT molecular complexity index is 1180. The smallest absolute Gasteiger partial charge is 0.266 e. The maximum absolute atomic E-state index is 11.1. The average molecular weight is 451 g/mol. The van der Waals surface area contributed by atoms with Crippen LogP contribution in [0.4, 0.5) is 0 Å². The molecule has 12 nitrogen and oxygen atoms in total. The topological polar surface area (TPSA) is 190 Å². The summed E-state index contributed by atoms with van der Waals surface area (Å²) in [7, 11) is -10.1. The zero-order chi connectivity index (χ0) is 21.2. The van der Waals surface area contributed by atoms with Crippen molar-refractivity contribution >= 4 is 47.8 Å². The van der Waals surface area contributed by atoms with Gasteiger partial charge in [-0.3, -0.25) is 19.1 Å². The molecule has 0 aromatic heterocycles. The molecule has 0 unspecified atom stereocenters. The summed E-state index contributed by atoms with van der Waals surface area (Å²) in [6.07, 6.45) is 1.08. The van der Waals surface area contributed by atoms with Crippen molar-refractivity contribution in [1.82, 2.24) is 14.2 Å². The van der Waals surface area contributed by atoms with Gasteiger partial charge in [0.15, 0.2) is 0 Å². The van der Waals surface area contributed by atoms with Gasteiger partial charge in [0, 0.05) is 12.5 Å². The first kappa shape index (κ1) is 21.5. The predicted octanol–water partition coefficient (Wildman–Crippen LogP) is -2.09. The van der Waals surface area contributed by atoms with Crippen LogP contribution in [0.5, 0.6) is 0 Å². The third kappa shape index (κ3) is 5.61. The number of amides is 3. The third-order valence-corrected chi connectivity index (χ3v) is 6.81. The number of rotatable bonds is 0. The number of sulfonamides is 3. The van der Waals surface area contributed by atoms with Gasteiger partial charge in [0.1, 0.15) is 4.90 Å². The van der Waals surface area contributed by atoms with Crippen LogP contribution in [-0.2, 0) is 39.7 Å². The summed E-state index contributed by atoms with van der Waals surface area (Å²) in [5.74, 6) is -1.58. The Kier molecular flexibility index (Phi) is 5.91. The van der Waals surface area contributed by atoms with Crippen molar-refractivity contribution in [2.75, 3.05) is 5.75 Å². The molecule has 1 saturated heterocycles. The number of hydrogen-bond donors (Lipinski definition) is 3. The van der Waals surface area contributed by atoms with E-state index < -0.39 is 47.8 Å². The molecule has 152 valence electrons. The number of carbonyl (C=O) groups is 3. The fourth-order valence-corrected chi connectivity index (χ4v) is 4.88. The number of benzene rings is 1. The van der Waals surface area contributed by atoms with Gasteiger partial charge in [-0.25, -0.2) is 34.7 Å². The van der Waals surface area contributed by atoms with Crippen molar-refractivity contribution in [1.29, 1.82) is 0 Å². The lowest BCUT2D eigenvalue weighted by atomic mass is 10.2. The number of hydrogen-bond acceptors (Lipinski definition) is 9. The standard InChI is InChI=1S/C7H5NO3S.C3H5NO3S.C3H3NO3S/c9-7-5-3-1-2-4-6(5)12(10,11)8-7;2*5-3-1-2-8(6,7)4-3/h1-4H,(H,8,9);1-2H2,(H,4,5);1-2H,(H,4,5). The molecule has 3 N–H and O–H groups in total. The number of carbonyl (C=O) groups excluding carboxylic acids is 3. The van der Waals surface area contributed by atoms with E-state index in [0.29, 0.717) is 0 Å². The highest BCUT2D eigenvalue weighted by molar-refractivity contribution is 7.93. The van der Waals surface area contributed by atoms with Crippen molar-refractivity contribution in [2.24, 2.45) is 0 Å². The quantitative estimate of drug-likeness (QED) is 0.397.